The standard InChI is InChI=1S/C14H16N4O2S/c19-14(13-6-16-10-21-13)18-3-4-20-8-11(7-18)5-12-1-2-15-9-17-12/h1-2,6,9-11H,3-5,7-8H2. The SMILES string of the molecule is O=C(c1cncs1)N1CCOCC(Cc2ccncn2)C1. The molecule has 0 aromatic carbocycles. The fourth-order valence-electron chi connectivity index (χ4n) is 2.40. The van der Waals surface area contributed by atoms with E-state index >= 15 is 0 Å². The van der Waals surface area contributed by atoms with Crippen LogP contribution in [0.3, 0.4) is 0 Å². The van der Waals surface area contributed by atoms with Crippen LogP contribution in [0.4, 0.5) is 0 Å². The smallest absolute Gasteiger partial charge is 0.265 e. The van der Waals surface area contributed by atoms with Gasteiger partial charge in [-0.2, -0.15) is 0 Å². The molecule has 1 saturated heterocycles. The fourth-order valence-corrected chi connectivity index (χ4v) is 2.99. The summed E-state index contributed by atoms with van der Waals surface area (Å²) in [5.74, 6) is 0.287. The summed E-state index contributed by atoms with van der Waals surface area (Å²) in [5.41, 5.74) is 2.66. The molecule has 1 unspecified atom stereocenters. The monoisotopic (exact) mass is 304 g/mol. The average Bonchev–Trinajstić information content (AvgIpc) is 2.95. The molecule has 0 N–H and O–H groups in total. The van der Waals surface area contributed by atoms with Gasteiger partial charge >= 0.3 is 0 Å². The summed E-state index contributed by atoms with van der Waals surface area (Å²) in [6.45, 7) is 2.53. The van der Waals surface area contributed by atoms with Crippen molar-refractivity contribution in [2.24, 2.45) is 5.92 Å². The van der Waals surface area contributed by atoms with Gasteiger partial charge in [-0.1, -0.05) is 0 Å². The molecule has 0 spiro atoms. The summed E-state index contributed by atoms with van der Waals surface area (Å²) in [6.07, 6.45) is 5.69. The van der Waals surface area contributed by atoms with Crippen LogP contribution in [0, 0.1) is 5.92 Å². The van der Waals surface area contributed by atoms with Gasteiger partial charge in [0.05, 0.1) is 24.9 Å². The summed E-state index contributed by atoms with van der Waals surface area (Å²) >= 11 is 1.37. The molecule has 1 fully saturated rings. The molecule has 0 radical (unpaired) electrons. The van der Waals surface area contributed by atoms with E-state index in [1.165, 1.54) is 11.3 Å². The van der Waals surface area contributed by atoms with Gasteiger partial charge in [0.1, 0.15) is 11.2 Å². The lowest BCUT2D eigenvalue weighted by molar-refractivity contribution is 0.0742. The minimum Gasteiger partial charge on any atom is -0.379 e. The van der Waals surface area contributed by atoms with E-state index in [1.54, 1.807) is 24.2 Å². The second-order valence-electron chi connectivity index (χ2n) is 4.96. The van der Waals surface area contributed by atoms with Crippen LogP contribution in [0.5, 0.6) is 0 Å². The van der Waals surface area contributed by atoms with Crippen molar-refractivity contribution < 1.29 is 9.53 Å². The normalized spacial score (nSPS) is 19.2. The second-order valence-corrected chi connectivity index (χ2v) is 5.85. The highest BCUT2D eigenvalue weighted by molar-refractivity contribution is 7.11. The van der Waals surface area contributed by atoms with Gasteiger partial charge in [0.25, 0.3) is 5.91 Å². The van der Waals surface area contributed by atoms with Crippen LogP contribution in [-0.2, 0) is 11.2 Å². The molecule has 7 heteroatoms. The Morgan fingerprint density at radius 1 is 1.48 bits per heavy atom. The highest BCUT2D eigenvalue weighted by Crippen LogP contribution is 2.16. The third-order valence-electron chi connectivity index (χ3n) is 3.41. The lowest BCUT2D eigenvalue weighted by Crippen LogP contribution is -2.36. The number of rotatable bonds is 3. The zero-order chi connectivity index (χ0) is 14.5. The Balaban J connectivity index is 1.67. The van der Waals surface area contributed by atoms with Crippen molar-refractivity contribution in [3.63, 3.8) is 0 Å². The van der Waals surface area contributed by atoms with Gasteiger partial charge in [-0.3, -0.25) is 9.78 Å². The van der Waals surface area contributed by atoms with E-state index in [-0.39, 0.29) is 11.8 Å². The summed E-state index contributed by atoms with van der Waals surface area (Å²) in [6, 6.07) is 1.90. The van der Waals surface area contributed by atoms with E-state index in [4.69, 9.17) is 4.74 Å². The number of hydrogen-bond donors (Lipinski definition) is 0. The van der Waals surface area contributed by atoms with Crippen LogP contribution < -0.4 is 0 Å². The first-order valence-electron chi connectivity index (χ1n) is 6.83. The molecule has 110 valence electrons. The Labute approximate surface area is 126 Å². The predicted octanol–water partition coefficient (Wildman–Crippen LogP) is 1.26. The Kier molecular flexibility index (Phi) is 4.52. The number of amides is 1. The van der Waals surface area contributed by atoms with Crippen molar-refractivity contribution in [1.29, 1.82) is 0 Å². The summed E-state index contributed by atoms with van der Waals surface area (Å²) in [7, 11) is 0. The number of thiazole rings is 1. The highest BCUT2D eigenvalue weighted by atomic mass is 32.1. The first-order chi connectivity index (χ1) is 10.3. The second kappa shape index (κ2) is 6.73. The van der Waals surface area contributed by atoms with Crippen molar-refractivity contribution in [2.75, 3.05) is 26.3 Å². The topological polar surface area (TPSA) is 68.2 Å². The summed E-state index contributed by atoms with van der Waals surface area (Å²) < 4.78 is 5.63. The van der Waals surface area contributed by atoms with Crippen LogP contribution in [0.15, 0.2) is 30.3 Å². The quantitative estimate of drug-likeness (QED) is 0.854. The maximum atomic E-state index is 12.4. The zero-order valence-electron chi connectivity index (χ0n) is 11.5. The largest absolute Gasteiger partial charge is 0.379 e. The molecule has 0 aliphatic carbocycles. The predicted molar refractivity (Wildman–Crippen MR) is 78.1 cm³/mol. The van der Waals surface area contributed by atoms with Crippen molar-refractivity contribution >= 4 is 17.2 Å². The van der Waals surface area contributed by atoms with E-state index in [9.17, 15) is 4.79 Å². The first-order valence-corrected chi connectivity index (χ1v) is 7.71. The molecule has 0 saturated carbocycles. The zero-order valence-corrected chi connectivity index (χ0v) is 12.3. The van der Waals surface area contributed by atoms with Gasteiger partial charge in [0.2, 0.25) is 0 Å². The number of ether oxygens (including phenoxy) is 1. The fraction of sp³-hybridized carbons (Fsp3) is 0.429. The molecule has 3 rings (SSSR count). The van der Waals surface area contributed by atoms with Crippen LogP contribution in [-0.4, -0.2) is 52.1 Å². The lowest BCUT2D eigenvalue weighted by Gasteiger charge is -2.22. The number of nitrogens with zero attached hydrogens (tertiary/aromatic N) is 4. The Morgan fingerprint density at radius 3 is 3.19 bits per heavy atom. The minimum atomic E-state index is 0.0377. The van der Waals surface area contributed by atoms with E-state index in [0.717, 1.165) is 12.1 Å². The number of carbonyl (C=O) groups is 1. The molecular weight excluding hydrogens is 288 g/mol. The molecule has 1 aliphatic rings. The molecule has 2 aromatic rings. The van der Waals surface area contributed by atoms with Crippen LogP contribution >= 0.6 is 11.3 Å². The van der Waals surface area contributed by atoms with Gasteiger partial charge in [0.15, 0.2) is 0 Å². The lowest BCUT2D eigenvalue weighted by atomic mass is 10.0. The van der Waals surface area contributed by atoms with E-state index in [1.807, 2.05) is 11.0 Å². The Hall–Kier alpha value is -1.86. The third-order valence-corrected chi connectivity index (χ3v) is 4.17. The van der Waals surface area contributed by atoms with Gasteiger partial charge in [0, 0.05) is 30.9 Å². The highest BCUT2D eigenvalue weighted by Gasteiger charge is 2.24. The van der Waals surface area contributed by atoms with Crippen LogP contribution in [0.1, 0.15) is 15.4 Å². The molecule has 2 aromatic heterocycles. The van der Waals surface area contributed by atoms with E-state index in [0.29, 0.717) is 31.2 Å². The van der Waals surface area contributed by atoms with Crippen LogP contribution in [0.2, 0.25) is 0 Å². The number of hydrogen-bond acceptors (Lipinski definition) is 6. The van der Waals surface area contributed by atoms with Crippen molar-refractivity contribution in [2.45, 2.75) is 6.42 Å². The third kappa shape index (κ3) is 3.62. The Morgan fingerprint density at radius 2 is 2.43 bits per heavy atom. The molecule has 21 heavy (non-hydrogen) atoms. The summed E-state index contributed by atoms with van der Waals surface area (Å²) in [4.78, 5) is 27.1. The number of aromatic nitrogens is 3. The van der Waals surface area contributed by atoms with Crippen LogP contribution in [0.25, 0.3) is 0 Å². The number of carbonyl (C=O) groups excluding carboxylic acids is 1. The average molecular weight is 304 g/mol. The van der Waals surface area contributed by atoms with Crippen molar-refractivity contribution in [3.05, 3.63) is 40.9 Å². The minimum absolute atomic E-state index is 0.0377. The van der Waals surface area contributed by atoms with E-state index in [2.05, 4.69) is 15.0 Å². The van der Waals surface area contributed by atoms with Gasteiger partial charge in [-0.25, -0.2) is 9.97 Å². The molecule has 1 aliphatic heterocycles. The van der Waals surface area contributed by atoms with Gasteiger partial charge < -0.3 is 9.64 Å². The molecule has 0 bridgehead atoms. The molecule has 1 amide bonds. The van der Waals surface area contributed by atoms with Crippen molar-refractivity contribution in [3.8, 4) is 0 Å². The molecule has 6 nitrogen and oxygen atoms in total. The van der Waals surface area contributed by atoms with Crippen molar-refractivity contribution in [1.82, 2.24) is 19.9 Å². The van der Waals surface area contributed by atoms with Gasteiger partial charge in [-0.15, -0.1) is 11.3 Å². The maximum Gasteiger partial charge on any atom is 0.265 e. The first kappa shape index (κ1) is 14.1. The molecule has 1 atom stereocenters. The van der Waals surface area contributed by atoms with Gasteiger partial charge in [-0.05, 0) is 12.5 Å². The Bertz CT molecular complexity index is 576. The summed E-state index contributed by atoms with van der Waals surface area (Å²) in [5, 5.41) is 0. The molecular formula is C14H16N4O2S. The van der Waals surface area contributed by atoms with E-state index < -0.39 is 0 Å². The molecule has 3 heterocycles. The maximum absolute atomic E-state index is 12.4.